The molecule has 5 rings (SSSR count). The first kappa shape index (κ1) is 36.8. The highest BCUT2D eigenvalue weighted by molar-refractivity contribution is 8.00. The van der Waals surface area contributed by atoms with Crippen molar-refractivity contribution < 1.29 is 54.1 Å². The Morgan fingerprint density at radius 1 is 0.894 bits per heavy atom. The van der Waals surface area contributed by atoms with Crippen LogP contribution in [0.25, 0.3) is 0 Å². The summed E-state index contributed by atoms with van der Waals surface area (Å²) < 4.78 is 23.4. The van der Waals surface area contributed by atoms with Gasteiger partial charge in [0.1, 0.15) is 42.7 Å². The van der Waals surface area contributed by atoms with E-state index in [9.17, 15) is 35.1 Å². The van der Waals surface area contributed by atoms with E-state index in [1.807, 2.05) is 11.8 Å². The Bertz CT molecular complexity index is 1070. The van der Waals surface area contributed by atoms with E-state index in [0.29, 0.717) is 18.1 Å². The number of carbonyl (C=O) groups excluding carboxylic acids is 2. The molecule has 10 unspecified atom stereocenters. The number of aliphatic hydroxyl groups excluding tert-OH is 5. The molecule has 18 nitrogen and oxygen atoms in total. The lowest BCUT2D eigenvalue weighted by atomic mass is 9.84. The van der Waals surface area contributed by atoms with Gasteiger partial charge in [0.25, 0.3) is 0 Å². The van der Waals surface area contributed by atoms with Gasteiger partial charge in [0, 0.05) is 36.1 Å². The third-order valence-electron chi connectivity index (χ3n) is 9.76. The summed E-state index contributed by atoms with van der Waals surface area (Å²) in [6.45, 7) is -0.570. The minimum Gasteiger partial charge on any atom is -0.394 e. The molecule has 0 bridgehead atoms. The summed E-state index contributed by atoms with van der Waals surface area (Å²) in [5.41, 5.74) is 24.7. The molecule has 1 aliphatic carbocycles. The first-order valence-corrected chi connectivity index (χ1v) is 17.3. The maximum Gasteiger partial charge on any atom is 0.315 e. The van der Waals surface area contributed by atoms with Gasteiger partial charge in [-0.2, -0.15) is 11.8 Å². The fourth-order valence-electron chi connectivity index (χ4n) is 6.98. The quantitative estimate of drug-likeness (QED) is 0.0670. The molecule has 0 aromatic heterocycles. The Kier molecular flexibility index (Phi) is 12.6. The molecule has 4 saturated heterocycles. The zero-order valence-electron chi connectivity index (χ0n) is 26.1. The Morgan fingerprint density at radius 3 is 2.28 bits per heavy atom. The number of hydrogen-bond donors (Lipinski definition) is 12. The van der Waals surface area contributed by atoms with Crippen LogP contribution in [0.5, 0.6) is 0 Å². The number of nitrogens with two attached hydrogens (primary N) is 4. The Labute approximate surface area is 276 Å². The molecule has 19 heteroatoms. The predicted octanol–water partition coefficient (Wildman–Crippen LogP) is -5.41. The Morgan fingerprint density at radius 2 is 1.57 bits per heavy atom. The van der Waals surface area contributed by atoms with Crippen LogP contribution >= 0.6 is 11.8 Å². The molecular formula is C28H51N7O11S. The maximum absolute atomic E-state index is 12.6. The van der Waals surface area contributed by atoms with Crippen molar-refractivity contribution >= 4 is 23.7 Å². The second kappa shape index (κ2) is 16.1. The van der Waals surface area contributed by atoms with Crippen molar-refractivity contribution in [3.8, 4) is 0 Å². The summed E-state index contributed by atoms with van der Waals surface area (Å²) in [7, 11) is 0. The highest BCUT2D eigenvalue weighted by Gasteiger charge is 2.50. The van der Waals surface area contributed by atoms with Crippen LogP contribution in [0.4, 0.5) is 4.79 Å². The number of thioether (sulfide) groups is 1. The monoisotopic (exact) mass is 693 g/mol. The molecule has 3 amide bonds. The second-order valence-electron chi connectivity index (χ2n) is 13.2. The van der Waals surface area contributed by atoms with Crippen LogP contribution in [-0.2, 0) is 23.7 Å². The number of amides is 3. The number of unbranched alkanes of at least 4 members (excludes halogenated alkanes) is 1. The molecule has 4 heterocycles. The van der Waals surface area contributed by atoms with Crippen molar-refractivity contribution in [2.75, 3.05) is 18.9 Å². The van der Waals surface area contributed by atoms with Crippen molar-refractivity contribution in [2.45, 2.75) is 141 Å². The number of hydrogen-bond acceptors (Lipinski definition) is 16. The highest BCUT2D eigenvalue weighted by Crippen LogP contribution is 2.34. The van der Waals surface area contributed by atoms with Crippen LogP contribution in [0.2, 0.25) is 0 Å². The zero-order valence-corrected chi connectivity index (χ0v) is 26.9. The lowest BCUT2D eigenvalue weighted by Gasteiger charge is -2.47. The molecule has 5 fully saturated rings. The van der Waals surface area contributed by atoms with Gasteiger partial charge in [0.2, 0.25) is 5.91 Å². The summed E-state index contributed by atoms with van der Waals surface area (Å²) in [5, 5.41) is 61.1. The summed E-state index contributed by atoms with van der Waals surface area (Å²) in [6, 6.07) is -3.37. The van der Waals surface area contributed by atoms with Gasteiger partial charge in [-0.05, 0) is 25.7 Å². The Hall–Kier alpha value is -1.43. The van der Waals surface area contributed by atoms with Gasteiger partial charge in [-0.3, -0.25) is 4.79 Å². The third kappa shape index (κ3) is 8.48. The van der Waals surface area contributed by atoms with Crippen molar-refractivity contribution in [3.63, 3.8) is 0 Å². The smallest absolute Gasteiger partial charge is 0.315 e. The van der Waals surface area contributed by atoms with Crippen LogP contribution in [0.1, 0.15) is 38.5 Å². The number of ether oxygens (including phenoxy) is 4. The van der Waals surface area contributed by atoms with Crippen molar-refractivity contribution in [1.82, 2.24) is 16.0 Å². The second-order valence-corrected chi connectivity index (χ2v) is 14.5. The Balaban J connectivity index is 1.09. The van der Waals surface area contributed by atoms with Crippen LogP contribution in [0.15, 0.2) is 0 Å². The number of carbonyl (C=O) groups is 2. The predicted molar refractivity (Wildman–Crippen MR) is 166 cm³/mol. The fourth-order valence-corrected chi connectivity index (χ4v) is 8.52. The summed E-state index contributed by atoms with van der Waals surface area (Å²) in [6.07, 6.45) is -9.02. The van der Waals surface area contributed by atoms with E-state index >= 15 is 0 Å². The molecule has 47 heavy (non-hydrogen) atoms. The van der Waals surface area contributed by atoms with Gasteiger partial charge in [-0.15, -0.1) is 0 Å². The van der Waals surface area contributed by atoms with E-state index in [0.717, 1.165) is 18.6 Å². The van der Waals surface area contributed by atoms with Gasteiger partial charge >= 0.3 is 6.03 Å². The van der Waals surface area contributed by atoms with Gasteiger partial charge in [-0.25, -0.2) is 4.79 Å². The fraction of sp³-hybridized carbons (Fsp3) is 0.929. The van der Waals surface area contributed by atoms with Gasteiger partial charge in [0.05, 0.1) is 36.9 Å². The molecule has 17 atom stereocenters. The van der Waals surface area contributed by atoms with E-state index in [2.05, 4.69) is 16.0 Å². The zero-order chi connectivity index (χ0) is 34.0. The molecule has 0 radical (unpaired) electrons. The van der Waals surface area contributed by atoms with Crippen LogP contribution < -0.4 is 38.9 Å². The third-order valence-corrected chi connectivity index (χ3v) is 11.3. The number of urea groups is 1. The minimum absolute atomic E-state index is 0.0113. The van der Waals surface area contributed by atoms with Crippen molar-refractivity contribution in [2.24, 2.45) is 22.9 Å². The molecular weight excluding hydrogens is 642 g/mol. The SMILES string of the molecule is NC1C[C@H](O)C(CNC(=O)CCCC[C@@H]2SCC3NC(=O)NC32)O[C@@H]1O[C@@H]1C(N)C[C@@H](N)C(O[C@H]2OC(CO)[C@@H](O)C(N)C2O)C1O. The lowest BCUT2D eigenvalue weighted by Crippen LogP contribution is -2.68. The average Bonchev–Trinajstić information content (AvgIpc) is 3.58. The molecule has 5 aliphatic rings. The summed E-state index contributed by atoms with van der Waals surface area (Å²) in [5.74, 6) is 0.689. The van der Waals surface area contributed by atoms with Crippen LogP contribution in [0.3, 0.4) is 0 Å². The normalized spacial score (nSPS) is 46.8. The highest BCUT2D eigenvalue weighted by atomic mass is 32.2. The van der Waals surface area contributed by atoms with Crippen LogP contribution in [-0.4, -0.2) is 159 Å². The van der Waals surface area contributed by atoms with Gasteiger partial charge < -0.3 is 83.4 Å². The first-order valence-electron chi connectivity index (χ1n) is 16.3. The van der Waals surface area contributed by atoms with E-state index in [1.54, 1.807) is 0 Å². The molecule has 0 spiro atoms. The van der Waals surface area contributed by atoms with Gasteiger partial charge in [0.15, 0.2) is 12.6 Å². The molecule has 0 aromatic carbocycles. The maximum atomic E-state index is 12.6. The standard InChI is InChI=1S/C28H51N7O11S/c29-10-5-11(30)25(46-27-22(40)19(32)21(39)16(8-36)44-27)23(41)24(10)45-26-12(31)6-14(37)15(43-26)7-33-18(38)4-2-1-3-17-20-13(9-47-17)34-28(42)35-20/h10-17,19-27,36-37,39-41H,1-9,29-32H2,(H,33,38)(H2,34,35,42)/t10?,11-,12?,13?,14+,15?,16?,17+,19?,20?,21-,22?,23?,24-,25?,26-,27-/m1/s1. The van der Waals surface area contributed by atoms with Crippen LogP contribution in [0, 0.1) is 0 Å². The lowest BCUT2D eigenvalue weighted by molar-refractivity contribution is -0.315. The summed E-state index contributed by atoms with van der Waals surface area (Å²) in [4.78, 5) is 24.1. The molecule has 1 saturated carbocycles. The van der Waals surface area contributed by atoms with E-state index in [4.69, 9.17) is 41.9 Å². The topological polar surface area (TPSA) is 312 Å². The average molecular weight is 694 g/mol. The number of nitrogens with one attached hydrogen (secondary N) is 3. The number of aliphatic hydroxyl groups is 5. The van der Waals surface area contributed by atoms with E-state index < -0.39 is 92.2 Å². The molecule has 16 N–H and O–H groups in total. The van der Waals surface area contributed by atoms with E-state index in [-0.39, 0.29) is 43.4 Å². The number of fused-ring (bicyclic) bond motifs is 1. The van der Waals surface area contributed by atoms with Crippen molar-refractivity contribution in [1.29, 1.82) is 0 Å². The first-order chi connectivity index (χ1) is 22.4. The molecule has 4 aliphatic heterocycles. The molecule has 0 aromatic rings. The molecule has 270 valence electrons. The van der Waals surface area contributed by atoms with E-state index in [1.165, 1.54) is 0 Å². The summed E-state index contributed by atoms with van der Waals surface area (Å²) >= 11 is 1.83. The van der Waals surface area contributed by atoms with Crippen molar-refractivity contribution in [3.05, 3.63) is 0 Å². The minimum atomic E-state index is -1.48. The number of rotatable bonds is 12. The largest absolute Gasteiger partial charge is 0.394 e. The van der Waals surface area contributed by atoms with Gasteiger partial charge in [-0.1, -0.05) is 6.42 Å².